The van der Waals surface area contributed by atoms with Gasteiger partial charge in [-0.1, -0.05) is 18.9 Å². The monoisotopic (exact) mass is 331 g/mol. The van der Waals surface area contributed by atoms with Crippen molar-refractivity contribution < 1.29 is 14.6 Å². The number of nitrogens with zero attached hydrogens (tertiary/aromatic N) is 1. The van der Waals surface area contributed by atoms with Crippen LogP contribution in [0.2, 0.25) is 0 Å². The van der Waals surface area contributed by atoms with Gasteiger partial charge in [0.25, 0.3) is 0 Å². The van der Waals surface area contributed by atoms with Crippen molar-refractivity contribution in [3.05, 3.63) is 29.3 Å². The lowest BCUT2D eigenvalue weighted by Crippen LogP contribution is -2.44. The van der Waals surface area contributed by atoms with E-state index >= 15 is 0 Å². The van der Waals surface area contributed by atoms with Gasteiger partial charge in [0, 0.05) is 25.9 Å². The first kappa shape index (κ1) is 17.3. The summed E-state index contributed by atoms with van der Waals surface area (Å²) in [6.07, 6.45) is 5.79. The molecule has 1 aromatic carbocycles. The van der Waals surface area contributed by atoms with E-state index in [1.54, 1.807) is 0 Å². The molecule has 4 nitrogen and oxygen atoms in total. The van der Waals surface area contributed by atoms with Gasteiger partial charge in [0.1, 0.15) is 11.9 Å². The third kappa shape index (κ3) is 4.10. The Bertz CT molecular complexity index is 585. The summed E-state index contributed by atoms with van der Waals surface area (Å²) >= 11 is 0. The van der Waals surface area contributed by atoms with Crippen LogP contribution in [0, 0.1) is 13.8 Å². The van der Waals surface area contributed by atoms with Gasteiger partial charge in [0.15, 0.2) is 0 Å². The van der Waals surface area contributed by atoms with E-state index in [9.17, 15) is 9.90 Å². The van der Waals surface area contributed by atoms with Crippen molar-refractivity contribution in [2.24, 2.45) is 0 Å². The van der Waals surface area contributed by atoms with Crippen LogP contribution in [0.1, 0.15) is 56.1 Å². The summed E-state index contributed by atoms with van der Waals surface area (Å²) in [6.45, 7) is 5.65. The Kier molecular flexibility index (Phi) is 5.14. The van der Waals surface area contributed by atoms with E-state index in [1.807, 2.05) is 11.0 Å². The number of amides is 1. The van der Waals surface area contributed by atoms with Gasteiger partial charge in [-0.25, -0.2) is 0 Å². The third-order valence-electron chi connectivity index (χ3n) is 5.59. The molecule has 0 atom stereocenters. The van der Waals surface area contributed by atoms with E-state index in [2.05, 4.69) is 26.0 Å². The van der Waals surface area contributed by atoms with Gasteiger partial charge in [-0.3, -0.25) is 4.79 Å². The standard InChI is InChI=1S/C20H29NO3/c1-15-5-6-18(13-16(15)2)24-17-7-11-21(12-8-17)19(22)14-20(23)9-3-4-10-20/h5-6,13,17,23H,3-4,7-12,14H2,1-2H3. The largest absolute Gasteiger partial charge is 0.490 e. The fraction of sp³-hybridized carbons (Fsp3) is 0.650. The Labute approximate surface area is 144 Å². The smallest absolute Gasteiger partial charge is 0.225 e. The maximum Gasteiger partial charge on any atom is 0.225 e. The van der Waals surface area contributed by atoms with E-state index < -0.39 is 5.60 Å². The zero-order valence-electron chi connectivity index (χ0n) is 14.9. The highest BCUT2D eigenvalue weighted by Gasteiger charge is 2.35. The van der Waals surface area contributed by atoms with Crippen LogP contribution in [-0.4, -0.2) is 40.7 Å². The molecule has 3 rings (SSSR count). The van der Waals surface area contributed by atoms with E-state index in [0.717, 1.165) is 57.4 Å². The summed E-state index contributed by atoms with van der Waals surface area (Å²) < 4.78 is 6.09. The van der Waals surface area contributed by atoms with Crippen molar-refractivity contribution in [2.45, 2.75) is 70.5 Å². The summed E-state index contributed by atoms with van der Waals surface area (Å²) in [5.41, 5.74) is 1.77. The van der Waals surface area contributed by atoms with Crippen LogP contribution in [0.3, 0.4) is 0 Å². The summed E-state index contributed by atoms with van der Waals surface area (Å²) in [5, 5.41) is 10.4. The average molecular weight is 331 g/mol. The van der Waals surface area contributed by atoms with Crippen molar-refractivity contribution in [1.29, 1.82) is 0 Å². The van der Waals surface area contributed by atoms with E-state index in [0.29, 0.717) is 0 Å². The Morgan fingerprint density at radius 2 is 1.88 bits per heavy atom. The Hall–Kier alpha value is -1.55. The zero-order chi connectivity index (χ0) is 17.2. The first-order valence-corrected chi connectivity index (χ1v) is 9.19. The first-order chi connectivity index (χ1) is 11.5. The summed E-state index contributed by atoms with van der Waals surface area (Å²) in [6, 6.07) is 6.20. The van der Waals surface area contributed by atoms with Crippen molar-refractivity contribution in [1.82, 2.24) is 4.90 Å². The second-order valence-electron chi connectivity index (χ2n) is 7.55. The number of aryl methyl sites for hydroxylation is 2. The predicted molar refractivity (Wildman–Crippen MR) is 94.2 cm³/mol. The predicted octanol–water partition coefficient (Wildman–Crippen LogP) is 3.37. The molecule has 1 aliphatic carbocycles. The number of aliphatic hydroxyl groups is 1. The molecule has 1 N–H and O–H groups in total. The van der Waals surface area contributed by atoms with Crippen LogP contribution in [0.5, 0.6) is 5.75 Å². The lowest BCUT2D eigenvalue weighted by atomic mass is 9.96. The molecule has 1 aliphatic heterocycles. The highest BCUT2D eigenvalue weighted by Crippen LogP contribution is 2.33. The number of piperidine rings is 1. The van der Waals surface area contributed by atoms with E-state index in [4.69, 9.17) is 4.74 Å². The summed E-state index contributed by atoms with van der Waals surface area (Å²) in [5.74, 6) is 1.02. The minimum Gasteiger partial charge on any atom is -0.490 e. The molecule has 1 heterocycles. The van der Waals surface area contributed by atoms with Crippen LogP contribution in [0.4, 0.5) is 0 Å². The molecule has 1 aromatic rings. The molecule has 4 heteroatoms. The normalized spacial score (nSPS) is 21.0. The zero-order valence-corrected chi connectivity index (χ0v) is 14.9. The molecule has 132 valence electrons. The van der Waals surface area contributed by atoms with Gasteiger partial charge >= 0.3 is 0 Å². The van der Waals surface area contributed by atoms with Gasteiger partial charge < -0.3 is 14.7 Å². The number of rotatable bonds is 4. The van der Waals surface area contributed by atoms with Crippen LogP contribution in [0.25, 0.3) is 0 Å². The van der Waals surface area contributed by atoms with E-state index in [1.165, 1.54) is 11.1 Å². The second kappa shape index (κ2) is 7.14. The van der Waals surface area contributed by atoms with Gasteiger partial charge in [0.05, 0.1) is 12.0 Å². The summed E-state index contributed by atoms with van der Waals surface area (Å²) in [7, 11) is 0. The Morgan fingerprint density at radius 1 is 1.21 bits per heavy atom. The molecule has 1 saturated heterocycles. The van der Waals surface area contributed by atoms with Crippen molar-refractivity contribution in [2.75, 3.05) is 13.1 Å². The average Bonchev–Trinajstić information content (AvgIpc) is 2.98. The number of hydrogen-bond acceptors (Lipinski definition) is 3. The molecule has 1 saturated carbocycles. The van der Waals surface area contributed by atoms with Crippen LogP contribution < -0.4 is 4.74 Å². The van der Waals surface area contributed by atoms with Gasteiger partial charge in [-0.05, 0) is 49.9 Å². The minimum absolute atomic E-state index is 0.101. The molecule has 0 bridgehead atoms. The molecule has 24 heavy (non-hydrogen) atoms. The fourth-order valence-electron chi connectivity index (χ4n) is 3.81. The molecule has 0 spiro atoms. The van der Waals surface area contributed by atoms with Crippen molar-refractivity contribution >= 4 is 5.91 Å². The molecule has 0 radical (unpaired) electrons. The van der Waals surface area contributed by atoms with E-state index in [-0.39, 0.29) is 18.4 Å². The summed E-state index contributed by atoms with van der Waals surface area (Å²) in [4.78, 5) is 14.3. The topological polar surface area (TPSA) is 49.8 Å². The minimum atomic E-state index is -0.746. The Morgan fingerprint density at radius 3 is 2.50 bits per heavy atom. The van der Waals surface area contributed by atoms with Crippen LogP contribution >= 0.6 is 0 Å². The fourth-order valence-corrected chi connectivity index (χ4v) is 3.81. The maximum absolute atomic E-state index is 12.4. The first-order valence-electron chi connectivity index (χ1n) is 9.19. The van der Waals surface area contributed by atoms with Crippen LogP contribution in [0.15, 0.2) is 18.2 Å². The quantitative estimate of drug-likeness (QED) is 0.920. The maximum atomic E-state index is 12.4. The number of likely N-dealkylation sites (tertiary alicyclic amines) is 1. The van der Waals surface area contributed by atoms with Crippen molar-refractivity contribution in [3.63, 3.8) is 0 Å². The van der Waals surface area contributed by atoms with Gasteiger partial charge in [-0.2, -0.15) is 0 Å². The molecular weight excluding hydrogens is 302 g/mol. The molecule has 0 aromatic heterocycles. The molecule has 2 aliphatic rings. The second-order valence-corrected chi connectivity index (χ2v) is 7.55. The Balaban J connectivity index is 1.48. The number of ether oxygens (including phenoxy) is 1. The number of benzene rings is 1. The van der Waals surface area contributed by atoms with Crippen LogP contribution in [-0.2, 0) is 4.79 Å². The molecule has 2 fully saturated rings. The van der Waals surface area contributed by atoms with Gasteiger partial charge in [0.2, 0.25) is 5.91 Å². The molecule has 1 amide bonds. The lowest BCUT2D eigenvalue weighted by molar-refractivity contribution is -0.138. The third-order valence-corrected chi connectivity index (χ3v) is 5.59. The number of hydrogen-bond donors (Lipinski definition) is 1. The number of carbonyl (C=O) groups excluding carboxylic acids is 1. The van der Waals surface area contributed by atoms with Gasteiger partial charge in [-0.15, -0.1) is 0 Å². The SMILES string of the molecule is Cc1ccc(OC2CCN(C(=O)CC3(O)CCCC3)CC2)cc1C. The molecular formula is C20H29NO3. The van der Waals surface area contributed by atoms with Crippen molar-refractivity contribution in [3.8, 4) is 5.75 Å². The molecule has 0 unspecified atom stereocenters. The lowest BCUT2D eigenvalue weighted by Gasteiger charge is -2.34. The number of carbonyl (C=O) groups is 1. The highest BCUT2D eigenvalue weighted by molar-refractivity contribution is 5.77. The highest BCUT2D eigenvalue weighted by atomic mass is 16.5.